The number of amides is 2. The van der Waals surface area contributed by atoms with Crippen molar-refractivity contribution in [3.63, 3.8) is 0 Å². The smallest absolute Gasteiger partial charge is 0.339 e. The molecule has 1 aliphatic heterocycles. The van der Waals surface area contributed by atoms with E-state index >= 15 is 0 Å². The van der Waals surface area contributed by atoms with Crippen molar-refractivity contribution in [1.82, 2.24) is 14.8 Å². The molecule has 0 spiro atoms. The Labute approximate surface area is 180 Å². The standard InChI is InChI=1S/C20H20F4N4O2S/c21-15-2-4-16(5-3-15)26-17(29)12-27-7-9-28(10-8-27)19(30)13-31-18-6-1-14(11-25-18)20(22,23)24/h1-6,11H,7-10,12-13H2,(H,26,29). The number of piperazine rings is 1. The third-order valence-electron chi connectivity index (χ3n) is 4.63. The number of hydrogen-bond donors (Lipinski definition) is 1. The molecular weight excluding hydrogens is 436 g/mol. The van der Waals surface area contributed by atoms with Gasteiger partial charge in [0.05, 0.1) is 22.9 Å². The van der Waals surface area contributed by atoms with E-state index in [1.807, 2.05) is 4.90 Å². The zero-order valence-corrected chi connectivity index (χ0v) is 17.2. The number of alkyl halides is 3. The molecule has 0 saturated carbocycles. The Morgan fingerprint density at radius 3 is 2.29 bits per heavy atom. The largest absolute Gasteiger partial charge is 0.417 e. The van der Waals surface area contributed by atoms with Crippen LogP contribution in [0.15, 0.2) is 47.6 Å². The second-order valence-electron chi connectivity index (χ2n) is 6.88. The van der Waals surface area contributed by atoms with Gasteiger partial charge in [0.2, 0.25) is 11.8 Å². The van der Waals surface area contributed by atoms with Gasteiger partial charge in [-0.2, -0.15) is 13.2 Å². The number of carbonyl (C=O) groups excluding carboxylic acids is 2. The second kappa shape index (κ2) is 10.1. The van der Waals surface area contributed by atoms with Crippen molar-refractivity contribution in [2.75, 3.05) is 43.8 Å². The summed E-state index contributed by atoms with van der Waals surface area (Å²) in [5, 5.41) is 3.04. The van der Waals surface area contributed by atoms with Gasteiger partial charge in [0, 0.05) is 38.1 Å². The molecule has 0 aliphatic carbocycles. The topological polar surface area (TPSA) is 65.5 Å². The van der Waals surface area contributed by atoms with Crippen LogP contribution in [0.1, 0.15) is 5.56 Å². The molecule has 0 atom stereocenters. The molecule has 1 aliphatic rings. The van der Waals surface area contributed by atoms with Crippen LogP contribution in [-0.4, -0.2) is 65.1 Å². The fourth-order valence-electron chi connectivity index (χ4n) is 2.95. The number of anilines is 1. The molecule has 0 radical (unpaired) electrons. The molecule has 6 nitrogen and oxygen atoms in total. The highest BCUT2D eigenvalue weighted by Crippen LogP contribution is 2.29. The predicted molar refractivity (Wildman–Crippen MR) is 108 cm³/mol. The molecule has 0 unspecified atom stereocenters. The summed E-state index contributed by atoms with van der Waals surface area (Å²) in [6.07, 6.45) is -3.69. The van der Waals surface area contributed by atoms with Crippen LogP contribution >= 0.6 is 11.8 Å². The van der Waals surface area contributed by atoms with Gasteiger partial charge in [-0.05, 0) is 36.4 Å². The van der Waals surface area contributed by atoms with Crippen molar-refractivity contribution in [2.24, 2.45) is 0 Å². The van der Waals surface area contributed by atoms with Crippen LogP contribution in [-0.2, 0) is 15.8 Å². The van der Waals surface area contributed by atoms with Crippen molar-refractivity contribution in [2.45, 2.75) is 11.2 Å². The molecule has 1 fully saturated rings. The van der Waals surface area contributed by atoms with Crippen LogP contribution in [0.2, 0.25) is 0 Å². The highest BCUT2D eigenvalue weighted by atomic mass is 32.2. The Morgan fingerprint density at radius 1 is 1.03 bits per heavy atom. The first kappa shape index (κ1) is 23.0. The minimum atomic E-state index is -4.44. The van der Waals surface area contributed by atoms with E-state index in [-0.39, 0.29) is 29.9 Å². The number of hydrogen-bond acceptors (Lipinski definition) is 5. The number of thioether (sulfide) groups is 1. The Bertz CT molecular complexity index is 899. The molecular formula is C20H20F4N4O2S. The lowest BCUT2D eigenvalue weighted by molar-refractivity contribution is -0.138. The molecule has 11 heteroatoms. The quantitative estimate of drug-likeness (QED) is 0.535. The maximum atomic E-state index is 12.9. The summed E-state index contributed by atoms with van der Waals surface area (Å²) in [5.74, 6) is -0.674. The number of pyridine rings is 1. The molecule has 1 N–H and O–H groups in total. The highest BCUT2D eigenvalue weighted by molar-refractivity contribution is 7.99. The van der Waals surface area contributed by atoms with Crippen LogP contribution in [0.3, 0.4) is 0 Å². The van der Waals surface area contributed by atoms with Crippen molar-refractivity contribution >= 4 is 29.3 Å². The Hall–Kier alpha value is -2.66. The Balaban J connectivity index is 1.39. The molecule has 166 valence electrons. The third-order valence-corrected chi connectivity index (χ3v) is 5.56. The van der Waals surface area contributed by atoms with Gasteiger partial charge in [-0.3, -0.25) is 14.5 Å². The van der Waals surface area contributed by atoms with Gasteiger partial charge in [-0.15, -0.1) is 0 Å². The van der Waals surface area contributed by atoms with Gasteiger partial charge in [0.1, 0.15) is 5.82 Å². The number of halogens is 4. The lowest BCUT2D eigenvalue weighted by Crippen LogP contribution is -2.50. The summed E-state index contributed by atoms with van der Waals surface area (Å²) in [4.78, 5) is 31.8. The van der Waals surface area contributed by atoms with Gasteiger partial charge in [0.25, 0.3) is 0 Å². The first-order chi connectivity index (χ1) is 14.7. The molecule has 31 heavy (non-hydrogen) atoms. The van der Waals surface area contributed by atoms with Crippen molar-refractivity contribution < 1.29 is 27.2 Å². The molecule has 1 aromatic heterocycles. The first-order valence-electron chi connectivity index (χ1n) is 9.42. The average Bonchev–Trinajstić information content (AvgIpc) is 2.74. The van der Waals surface area contributed by atoms with Crippen LogP contribution in [0.25, 0.3) is 0 Å². The summed E-state index contributed by atoms with van der Waals surface area (Å²) in [5.41, 5.74) is -0.322. The van der Waals surface area contributed by atoms with Crippen molar-refractivity contribution in [3.05, 3.63) is 54.0 Å². The molecule has 1 saturated heterocycles. The Morgan fingerprint density at radius 2 is 1.71 bits per heavy atom. The maximum absolute atomic E-state index is 12.9. The molecule has 2 amide bonds. The van der Waals surface area contributed by atoms with Gasteiger partial charge in [-0.1, -0.05) is 11.8 Å². The molecule has 1 aromatic carbocycles. The van der Waals surface area contributed by atoms with E-state index < -0.39 is 11.7 Å². The summed E-state index contributed by atoms with van der Waals surface area (Å²) in [6, 6.07) is 7.67. The van der Waals surface area contributed by atoms with Crippen molar-refractivity contribution in [3.8, 4) is 0 Å². The van der Waals surface area contributed by atoms with E-state index in [1.54, 1.807) is 4.90 Å². The summed E-state index contributed by atoms with van der Waals surface area (Å²) in [7, 11) is 0. The predicted octanol–water partition coefficient (Wildman–Crippen LogP) is 3.11. The number of carbonyl (C=O) groups is 2. The first-order valence-corrected chi connectivity index (χ1v) is 10.4. The van der Waals surface area contributed by atoms with Gasteiger partial charge < -0.3 is 10.2 Å². The van der Waals surface area contributed by atoms with Crippen LogP contribution in [0.4, 0.5) is 23.2 Å². The normalized spacial score (nSPS) is 15.0. The Kier molecular flexibility index (Phi) is 7.50. The van der Waals surface area contributed by atoms with Gasteiger partial charge in [-0.25, -0.2) is 9.37 Å². The van der Waals surface area contributed by atoms with E-state index in [0.717, 1.165) is 24.0 Å². The van der Waals surface area contributed by atoms with E-state index in [9.17, 15) is 27.2 Å². The second-order valence-corrected chi connectivity index (χ2v) is 7.88. The third kappa shape index (κ3) is 6.93. The zero-order chi connectivity index (χ0) is 22.4. The number of aromatic nitrogens is 1. The number of nitrogens with one attached hydrogen (secondary N) is 1. The minimum absolute atomic E-state index is 0.0728. The van der Waals surface area contributed by atoms with Gasteiger partial charge >= 0.3 is 6.18 Å². The lowest BCUT2D eigenvalue weighted by atomic mass is 10.3. The SMILES string of the molecule is O=C(CN1CCN(C(=O)CSc2ccc(C(F)(F)F)cn2)CC1)Nc1ccc(F)cc1. The molecule has 2 heterocycles. The average molecular weight is 456 g/mol. The number of nitrogens with zero attached hydrogens (tertiary/aromatic N) is 3. The van der Waals surface area contributed by atoms with E-state index in [0.29, 0.717) is 36.9 Å². The van der Waals surface area contributed by atoms with Gasteiger partial charge in [0.15, 0.2) is 0 Å². The lowest BCUT2D eigenvalue weighted by Gasteiger charge is -2.34. The highest BCUT2D eigenvalue weighted by Gasteiger charge is 2.30. The van der Waals surface area contributed by atoms with Crippen LogP contribution in [0, 0.1) is 5.82 Å². The molecule has 0 bridgehead atoms. The molecule has 2 aromatic rings. The number of rotatable bonds is 6. The monoisotopic (exact) mass is 456 g/mol. The van der Waals surface area contributed by atoms with Crippen molar-refractivity contribution in [1.29, 1.82) is 0 Å². The zero-order valence-electron chi connectivity index (χ0n) is 16.4. The summed E-state index contributed by atoms with van der Waals surface area (Å²) < 4.78 is 50.6. The minimum Gasteiger partial charge on any atom is -0.339 e. The fraction of sp³-hybridized carbons (Fsp3) is 0.350. The summed E-state index contributed by atoms with van der Waals surface area (Å²) >= 11 is 1.08. The number of benzene rings is 1. The maximum Gasteiger partial charge on any atom is 0.417 e. The summed E-state index contributed by atoms with van der Waals surface area (Å²) in [6.45, 7) is 2.09. The molecule has 3 rings (SSSR count). The van der Waals surface area contributed by atoms with E-state index in [1.165, 1.54) is 30.3 Å². The van der Waals surface area contributed by atoms with E-state index in [4.69, 9.17) is 0 Å². The van der Waals surface area contributed by atoms with Crippen LogP contribution < -0.4 is 5.32 Å². The van der Waals surface area contributed by atoms with Crippen LogP contribution in [0.5, 0.6) is 0 Å². The van der Waals surface area contributed by atoms with E-state index in [2.05, 4.69) is 10.3 Å². The fourth-order valence-corrected chi connectivity index (χ4v) is 3.70.